The van der Waals surface area contributed by atoms with E-state index in [1.807, 2.05) is 4.90 Å². The van der Waals surface area contributed by atoms with Crippen molar-refractivity contribution in [1.82, 2.24) is 9.80 Å². The molecule has 4 fully saturated rings. The number of hydrogen-bond donors (Lipinski definition) is 2. The molecule has 30 heavy (non-hydrogen) atoms. The average molecular weight is 421 g/mol. The van der Waals surface area contributed by atoms with Crippen molar-refractivity contribution >= 4 is 17.8 Å². The molecule has 2 N–H and O–H groups in total. The Kier molecular flexibility index (Phi) is 5.90. The van der Waals surface area contributed by atoms with Crippen LogP contribution in [-0.4, -0.2) is 81.3 Å². The molecule has 5 atom stereocenters. The lowest BCUT2D eigenvalue weighted by atomic mass is 9.70. The van der Waals surface area contributed by atoms with Gasteiger partial charge >= 0.3 is 5.97 Å². The Bertz CT molecular complexity index is 720. The number of rotatable bonds is 8. The summed E-state index contributed by atoms with van der Waals surface area (Å²) in [5.41, 5.74) is -1.08. The van der Waals surface area contributed by atoms with Crippen LogP contribution in [0.3, 0.4) is 0 Å². The van der Waals surface area contributed by atoms with Crippen molar-refractivity contribution in [3.63, 3.8) is 0 Å². The van der Waals surface area contributed by atoms with Crippen molar-refractivity contribution in [1.29, 1.82) is 0 Å². The van der Waals surface area contributed by atoms with Crippen LogP contribution in [0.5, 0.6) is 0 Å². The summed E-state index contributed by atoms with van der Waals surface area (Å²) < 4.78 is 6.21. The minimum absolute atomic E-state index is 0.100. The number of hydrogen-bond acceptors (Lipinski definition) is 5. The highest BCUT2D eigenvalue weighted by atomic mass is 16.5. The fourth-order valence-electron chi connectivity index (χ4n) is 6.30. The van der Waals surface area contributed by atoms with Crippen LogP contribution in [0.15, 0.2) is 12.7 Å². The fourth-order valence-corrected chi connectivity index (χ4v) is 6.30. The first-order chi connectivity index (χ1) is 14.5. The van der Waals surface area contributed by atoms with Crippen LogP contribution in [0.1, 0.15) is 51.4 Å². The molecule has 4 aliphatic rings. The molecule has 4 rings (SSSR count). The number of amides is 2. The van der Waals surface area contributed by atoms with E-state index < -0.39 is 35.6 Å². The van der Waals surface area contributed by atoms with E-state index in [0.717, 1.165) is 32.1 Å². The van der Waals surface area contributed by atoms with Gasteiger partial charge in [0.25, 0.3) is 0 Å². The minimum atomic E-state index is -1.08. The second kappa shape index (κ2) is 8.30. The lowest BCUT2D eigenvalue weighted by molar-refractivity contribution is -0.152. The zero-order chi connectivity index (χ0) is 21.5. The number of aliphatic carboxylic acids is 1. The predicted molar refractivity (Wildman–Crippen MR) is 107 cm³/mol. The monoisotopic (exact) mass is 420 g/mol. The zero-order valence-electron chi connectivity index (χ0n) is 17.4. The number of carboxylic acids is 1. The molecule has 3 saturated heterocycles. The Morgan fingerprint density at radius 2 is 2.00 bits per heavy atom. The van der Waals surface area contributed by atoms with E-state index in [0.29, 0.717) is 25.8 Å². The van der Waals surface area contributed by atoms with Crippen molar-refractivity contribution in [2.24, 2.45) is 11.8 Å². The molecule has 1 spiro atoms. The molecule has 2 amide bonds. The van der Waals surface area contributed by atoms with Crippen molar-refractivity contribution in [2.45, 2.75) is 75.2 Å². The molecule has 166 valence electrons. The van der Waals surface area contributed by atoms with Gasteiger partial charge in [0, 0.05) is 25.7 Å². The van der Waals surface area contributed by atoms with Crippen molar-refractivity contribution < 1.29 is 29.3 Å². The summed E-state index contributed by atoms with van der Waals surface area (Å²) in [5.74, 6) is -3.27. The zero-order valence-corrected chi connectivity index (χ0v) is 17.4. The van der Waals surface area contributed by atoms with E-state index >= 15 is 0 Å². The van der Waals surface area contributed by atoms with Gasteiger partial charge in [-0.1, -0.05) is 25.3 Å². The Morgan fingerprint density at radius 3 is 2.63 bits per heavy atom. The summed E-state index contributed by atoms with van der Waals surface area (Å²) in [6.07, 6.45) is 7.73. The molecule has 3 aliphatic heterocycles. The number of carboxylic acid groups (broad SMARTS) is 1. The first-order valence-corrected chi connectivity index (χ1v) is 11.2. The number of carbonyl (C=O) groups excluding carboxylic acids is 2. The summed E-state index contributed by atoms with van der Waals surface area (Å²) in [5, 5.41) is 19.1. The molecule has 2 bridgehead atoms. The standard InChI is InChI=1S/C22H32N2O6/c1-2-11-23(14-7-4-3-5-8-14)20(27)18-22-10-9-15(30-22)16(21(28)29)17(22)19(26)24(18)12-6-13-25/h2,14-18,25H,1,3-13H2,(H,28,29)/t15-,16+,17-,18?,22?/m0/s1. The second-order valence-corrected chi connectivity index (χ2v) is 9.07. The normalized spacial score (nSPS) is 35.5. The van der Waals surface area contributed by atoms with Crippen LogP contribution in [-0.2, 0) is 19.1 Å². The van der Waals surface area contributed by atoms with Crippen molar-refractivity contribution in [3.05, 3.63) is 12.7 Å². The highest BCUT2D eigenvalue weighted by Crippen LogP contribution is 2.58. The van der Waals surface area contributed by atoms with Gasteiger partial charge in [-0.2, -0.15) is 0 Å². The number of nitrogens with zero attached hydrogens (tertiary/aromatic N) is 2. The third-order valence-corrected chi connectivity index (χ3v) is 7.50. The maximum atomic E-state index is 13.9. The number of likely N-dealkylation sites (tertiary alicyclic amines) is 1. The molecular formula is C22H32N2O6. The summed E-state index contributed by atoms with van der Waals surface area (Å²) in [7, 11) is 0. The summed E-state index contributed by atoms with van der Waals surface area (Å²) >= 11 is 0. The van der Waals surface area contributed by atoms with Gasteiger partial charge in [-0.15, -0.1) is 6.58 Å². The summed E-state index contributed by atoms with van der Waals surface area (Å²) in [6, 6.07) is -0.735. The summed E-state index contributed by atoms with van der Waals surface area (Å²) in [4.78, 5) is 42.6. The third kappa shape index (κ3) is 3.15. The van der Waals surface area contributed by atoms with E-state index in [4.69, 9.17) is 4.74 Å². The predicted octanol–water partition coefficient (Wildman–Crippen LogP) is 1.18. The van der Waals surface area contributed by atoms with Gasteiger partial charge in [0.2, 0.25) is 11.8 Å². The van der Waals surface area contributed by atoms with Gasteiger partial charge in [-0.25, -0.2) is 0 Å². The minimum Gasteiger partial charge on any atom is -0.481 e. The Morgan fingerprint density at radius 1 is 1.27 bits per heavy atom. The van der Waals surface area contributed by atoms with E-state index in [1.165, 1.54) is 4.90 Å². The molecule has 0 aromatic heterocycles. The molecule has 2 unspecified atom stereocenters. The van der Waals surface area contributed by atoms with E-state index in [2.05, 4.69) is 6.58 Å². The molecule has 8 nitrogen and oxygen atoms in total. The largest absolute Gasteiger partial charge is 0.481 e. The van der Waals surface area contributed by atoms with Crippen molar-refractivity contribution in [3.8, 4) is 0 Å². The number of ether oxygens (including phenoxy) is 1. The van der Waals surface area contributed by atoms with Gasteiger partial charge in [-0.3, -0.25) is 14.4 Å². The van der Waals surface area contributed by atoms with Gasteiger partial charge in [0.15, 0.2) is 0 Å². The van der Waals surface area contributed by atoms with E-state index in [9.17, 15) is 24.6 Å². The van der Waals surface area contributed by atoms with Crippen LogP contribution >= 0.6 is 0 Å². The SMILES string of the molecule is C=CCN(C(=O)C1N(CCCO)C(=O)[C@@H]2[C@H](C(=O)O)[C@@H]3CCC12O3)C1CCCCC1. The molecule has 0 aromatic rings. The fraction of sp³-hybridized carbons (Fsp3) is 0.773. The number of fused-ring (bicyclic) bond motifs is 1. The van der Waals surface area contributed by atoms with Gasteiger partial charge in [0.05, 0.1) is 17.9 Å². The van der Waals surface area contributed by atoms with Crippen LogP contribution in [0, 0.1) is 11.8 Å². The highest BCUT2D eigenvalue weighted by Gasteiger charge is 2.74. The Balaban J connectivity index is 1.70. The number of carbonyl (C=O) groups is 3. The number of aliphatic hydroxyl groups excluding tert-OH is 1. The van der Waals surface area contributed by atoms with Crippen LogP contribution in [0.25, 0.3) is 0 Å². The maximum absolute atomic E-state index is 13.9. The molecule has 1 aliphatic carbocycles. The molecule has 0 radical (unpaired) electrons. The molecule has 0 aromatic carbocycles. The Labute approximate surface area is 176 Å². The van der Waals surface area contributed by atoms with Crippen LogP contribution in [0.4, 0.5) is 0 Å². The van der Waals surface area contributed by atoms with Gasteiger partial charge in [0.1, 0.15) is 11.6 Å². The van der Waals surface area contributed by atoms with E-state index in [-0.39, 0.29) is 31.0 Å². The lowest BCUT2D eigenvalue weighted by Gasteiger charge is -2.40. The maximum Gasteiger partial charge on any atom is 0.310 e. The number of aliphatic hydroxyl groups is 1. The molecule has 8 heteroatoms. The molecule has 1 saturated carbocycles. The molecular weight excluding hydrogens is 388 g/mol. The first-order valence-electron chi connectivity index (χ1n) is 11.2. The molecule has 3 heterocycles. The quantitative estimate of drug-likeness (QED) is 0.571. The average Bonchev–Trinajstić information content (AvgIpc) is 3.38. The lowest BCUT2D eigenvalue weighted by Crippen LogP contribution is -2.58. The Hall–Kier alpha value is -1.93. The van der Waals surface area contributed by atoms with Crippen LogP contribution < -0.4 is 0 Å². The van der Waals surface area contributed by atoms with Crippen LogP contribution in [0.2, 0.25) is 0 Å². The first kappa shape index (κ1) is 21.3. The van der Waals surface area contributed by atoms with Gasteiger partial charge in [-0.05, 0) is 32.1 Å². The smallest absolute Gasteiger partial charge is 0.310 e. The third-order valence-electron chi connectivity index (χ3n) is 7.50. The van der Waals surface area contributed by atoms with E-state index in [1.54, 1.807) is 6.08 Å². The highest BCUT2D eigenvalue weighted by molar-refractivity contribution is 5.98. The topological polar surface area (TPSA) is 107 Å². The van der Waals surface area contributed by atoms with Gasteiger partial charge < -0.3 is 24.7 Å². The van der Waals surface area contributed by atoms with Crippen molar-refractivity contribution in [2.75, 3.05) is 19.7 Å². The summed E-state index contributed by atoms with van der Waals surface area (Å²) in [6.45, 7) is 4.33. The second-order valence-electron chi connectivity index (χ2n) is 9.07.